The molecule has 1 unspecified atom stereocenters. The lowest BCUT2D eigenvalue weighted by molar-refractivity contribution is 0.222. The fraction of sp³-hybridized carbons (Fsp3) is 0.250. The average molecular weight is 294 g/mol. The van der Waals surface area contributed by atoms with Crippen molar-refractivity contribution < 1.29 is 9.50 Å². The Balaban J connectivity index is 2.14. The molecule has 0 fully saturated rings. The number of aliphatic hydroxyl groups is 1. The predicted octanol–water partition coefficient (Wildman–Crippen LogP) is 3.88. The minimum atomic E-state index is -0.539. The Morgan fingerprint density at radius 1 is 1.20 bits per heavy atom. The smallest absolute Gasteiger partial charge is 0.123 e. The molecule has 0 aliphatic rings. The highest BCUT2D eigenvalue weighted by molar-refractivity contribution is 6.30. The van der Waals surface area contributed by atoms with E-state index in [1.165, 1.54) is 12.1 Å². The first-order valence-corrected chi connectivity index (χ1v) is 6.78. The van der Waals surface area contributed by atoms with Crippen molar-refractivity contribution in [3.05, 3.63) is 64.9 Å². The molecule has 0 bridgehead atoms. The number of benzene rings is 2. The topological polar surface area (TPSA) is 32.3 Å². The number of nitrogens with one attached hydrogen (secondary N) is 1. The maximum atomic E-state index is 12.9. The van der Waals surface area contributed by atoms with Gasteiger partial charge in [-0.25, -0.2) is 4.39 Å². The van der Waals surface area contributed by atoms with Crippen LogP contribution < -0.4 is 5.32 Å². The van der Waals surface area contributed by atoms with Crippen LogP contribution in [0.15, 0.2) is 48.5 Å². The Bertz CT molecular complexity index is 573. The van der Waals surface area contributed by atoms with Gasteiger partial charge in [0, 0.05) is 10.7 Å². The van der Waals surface area contributed by atoms with Crippen LogP contribution in [0.3, 0.4) is 0 Å². The van der Waals surface area contributed by atoms with E-state index in [9.17, 15) is 9.50 Å². The highest BCUT2D eigenvalue weighted by Gasteiger charge is 2.23. The summed E-state index contributed by atoms with van der Waals surface area (Å²) in [5.41, 5.74) is 1.26. The van der Waals surface area contributed by atoms with Gasteiger partial charge in [0.05, 0.1) is 12.1 Å². The number of halogens is 2. The Kier molecular flexibility index (Phi) is 4.63. The van der Waals surface area contributed by atoms with Crippen molar-refractivity contribution in [2.75, 3.05) is 11.9 Å². The highest BCUT2D eigenvalue weighted by Crippen LogP contribution is 2.22. The molecule has 0 aliphatic heterocycles. The quantitative estimate of drug-likeness (QED) is 0.877. The molecule has 2 rings (SSSR count). The number of anilines is 1. The number of hydrogen-bond acceptors (Lipinski definition) is 2. The van der Waals surface area contributed by atoms with Gasteiger partial charge in [-0.1, -0.05) is 29.8 Å². The van der Waals surface area contributed by atoms with Crippen LogP contribution in [0, 0.1) is 5.82 Å². The molecule has 20 heavy (non-hydrogen) atoms. The van der Waals surface area contributed by atoms with E-state index in [0.717, 1.165) is 11.3 Å². The van der Waals surface area contributed by atoms with E-state index in [0.29, 0.717) is 11.4 Å². The Labute approximate surface area is 123 Å². The molecule has 2 N–H and O–H groups in total. The summed E-state index contributed by atoms with van der Waals surface area (Å²) in [5.74, 6) is -0.262. The Hall–Kier alpha value is -1.58. The zero-order valence-corrected chi connectivity index (χ0v) is 12.0. The van der Waals surface area contributed by atoms with Crippen LogP contribution in [0.1, 0.15) is 12.5 Å². The van der Waals surface area contributed by atoms with Crippen molar-refractivity contribution in [1.29, 1.82) is 0 Å². The van der Waals surface area contributed by atoms with Crippen LogP contribution in [0.5, 0.6) is 0 Å². The molecule has 0 amide bonds. The third-order valence-electron chi connectivity index (χ3n) is 3.13. The first-order valence-electron chi connectivity index (χ1n) is 6.40. The van der Waals surface area contributed by atoms with E-state index >= 15 is 0 Å². The predicted molar refractivity (Wildman–Crippen MR) is 80.7 cm³/mol. The van der Waals surface area contributed by atoms with Crippen LogP contribution in [0.2, 0.25) is 5.02 Å². The van der Waals surface area contributed by atoms with Gasteiger partial charge in [0.1, 0.15) is 5.82 Å². The molecule has 106 valence electrons. The fourth-order valence-corrected chi connectivity index (χ4v) is 2.30. The van der Waals surface area contributed by atoms with Crippen molar-refractivity contribution in [3.63, 3.8) is 0 Å². The summed E-state index contributed by atoms with van der Waals surface area (Å²) >= 11 is 5.95. The first kappa shape index (κ1) is 14.8. The van der Waals surface area contributed by atoms with Gasteiger partial charge < -0.3 is 10.4 Å². The third kappa shape index (κ3) is 3.95. The van der Waals surface area contributed by atoms with E-state index in [4.69, 9.17) is 11.6 Å². The molecule has 0 aromatic heterocycles. The van der Waals surface area contributed by atoms with Crippen molar-refractivity contribution >= 4 is 17.3 Å². The molecule has 1 atom stereocenters. The van der Waals surface area contributed by atoms with E-state index in [1.807, 2.05) is 19.1 Å². The zero-order valence-electron chi connectivity index (χ0n) is 11.2. The second-order valence-corrected chi connectivity index (χ2v) is 5.59. The lowest BCUT2D eigenvalue weighted by atomic mass is 9.93. The van der Waals surface area contributed by atoms with Gasteiger partial charge in [-0.05, 0) is 49.2 Å². The van der Waals surface area contributed by atoms with Crippen molar-refractivity contribution in [3.8, 4) is 0 Å². The summed E-state index contributed by atoms with van der Waals surface area (Å²) in [5, 5.41) is 13.6. The summed E-state index contributed by atoms with van der Waals surface area (Å²) in [4.78, 5) is 0. The fourth-order valence-electron chi connectivity index (χ4n) is 2.11. The van der Waals surface area contributed by atoms with Crippen molar-refractivity contribution in [2.45, 2.75) is 18.9 Å². The highest BCUT2D eigenvalue weighted by atomic mass is 35.5. The molecule has 2 aromatic rings. The third-order valence-corrected chi connectivity index (χ3v) is 3.36. The van der Waals surface area contributed by atoms with Gasteiger partial charge in [-0.15, -0.1) is 0 Å². The lowest BCUT2D eigenvalue weighted by Crippen LogP contribution is -2.41. The largest absolute Gasteiger partial charge is 0.394 e. The lowest BCUT2D eigenvalue weighted by Gasteiger charge is -2.30. The molecule has 2 nitrogen and oxygen atoms in total. The molecule has 0 saturated heterocycles. The van der Waals surface area contributed by atoms with Crippen molar-refractivity contribution in [1.82, 2.24) is 0 Å². The monoisotopic (exact) mass is 293 g/mol. The molecule has 0 spiro atoms. The standard InChI is InChI=1S/C16H17ClFNO/c1-16(11-20,10-12-5-7-14(18)8-6-12)19-15-4-2-3-13(17)9-15/h2-9,19-20H,10-11H2,1H3. The first-order chi connectivity index (χ1) is 9.50. The molecule has 4 heteroatoms. The Morgan fingerprint density at radius 3 is 2.50 bits per heavy atom. The van der Waals surface area contributed by atoms with E-state index in [-0.39, 0.29) is 12.4 Å². The van der Waals surface area contributed by atoms with Crippen LogP contribution in [0.4, 0.5) is 10.1 Å². The molecule has 0 saturated carbocycles. The minimum Gasteiger partial charge on any atom is -0.394 e. The normalized spacial score (nSPS) is 13.8. The van der Waals surface area contributed by atoms with Crippen LogP contribution in [-0.4, -0.2) is 17.3 Å². The van der Waals surface area contributed by atoms with Gasteiger partial charge >= 0.3 is 0 Å². The van der Waals surface area contributed by atoms with Crippen LogP contribution in [-0.2, 0) is 6.42 Å². The summed E-state index contributed by atoms with van der Waals surface area (Å²) < 4.78 is 12.9. The number of hydrogen-bond donors (Lipinski definition) is 2. The van der Waals surface area contributed by atoms with Gasteiger partial charge in [0.25, 0.3) is 0 Å². The van der Waals surface area contributed by atoms with E-state index in [1.54, 1.807) is 24.3 Å². The molecular weight excluding hydrogens is 277 g/mol. The molecule has 0 radical (unpaired) electrons. The van der Waals surface area contributed by atoms with Crippen molar-refractivity contribution in [2.24, 2.45) is 0 Å². The molecular formula is C16H17ClFNO. The van der Waals surface area contributed by atoms with E-state index in [2.05, 4.69) is 5.32 Å². The minimum absolute atomic E-state index is 0.0448. The van der Waals surface area contributed by atoms with Crippen LogP contribution >= 0.6 is 11.6 Å². The molecule has 0 aliphatic carbocycles. The van der Waals surface area contributed by atoms with Gasteiger partial charge in [-0.2, -0.15) is 0 Å². The number of rotatable bonds is 5. The molecule has 0 heterocycles. The summed E-state index contributed by atoms with van der Waals surface area (Å²) in [6, 6.07) is 13.6. The average Bonchev–Trinajstić information content (AvgIpc) is 2.41. The van der Waals surface area contributed by atoms with E-state index < -0.39 is 5.54 Å². The zero-order chi connectivity index (χ0) is 14.6. The maximum absolute atomic E-state index is 12.9. The number of aliphatic hydroxyl groups excluding tert-OH is 1. The summed E-state index contributed by atoms with van der Waals surface area (Å²) in [6.45, 7) is 1.87. The molecule has 2 aromatic carbocycles. The SMILES string of the molecule is CC(CO)(Cc1ccc(F)cc1)Nc1cccc(Cl)c1. The maximum Gasteiger partial charge on any atom is 0.123 e. The van der Waals surface area contributed by atoms with Gasteiger partial charge in [-0.3, -0.25) is 0 Å². The van der Waals surface area contributed by atoms with Gasteiger partial charge in [0.15, 0.2) is 0 Å². The van der Waals surface area contributed by atoms with Crippen LogP contribution in [0.25, 0.3) is 0 Å². The second-order valence-electron chi connectivity index (χ2n) is 5.16. The van der Waals surface area contributed by atoms with Gasteiger partial charge in [0.2, 0.25) is 0 Å². The Morgan fingerprint density at radius 2 is 1.90 bits per heavy atom. The summed E-state index contributed by atoms with van der Waals surface area (Å²) in [6.07, 6.45) is 0.580. The summed E-state index contributed by atoms with van der Waals surface area (Å²) in [7, 11) is 0. The second kappa shape index (κ2) is 6.25.